The Kier molecular flexibility index (Phi) is 4.55. The molecule has 0 saturated heterocycles. The van der Waals surface area contributed by atoms with E-state index in [9.17, 15) is 14.9 Å². The van der Waals surface area contributed by atoms with Gasteiger partial charge in [-0.15, -0.1) is 0 Å². The van der Waals surface area contributed by atoms with E-state index in [-0.39, 0.29) is 24.6 Å². The number of benzene rings is 1. The molecule has 0 aliphatic rings. The number of rotatable bonds is 6. The average molecular weight is 340 g/mol. The highest BCUT2D eigenvalue weighted by Gasteiger charge is 2.12. The van der Waals surface area contributed by atoms with Crippen molar-refractivity contribution in [3.05, 3.63) is 64.6 Å². The number of hydrogen-bond donors (Lipinski definition) is 1. The molecule has 2 heterocycles. The van der Waals surface area contributed by atoms with Gasteiger partial charge in [0.1, 0.15) is 18.2 Å². The minimum Gasteiger partial charge on any atom is -0.311 e. The van der Waals surface area contributed by atoms with Gasteiger partial charge in [0.15, 0.2) is 0 Å². The molecule has 128 valence electrons. The first-order valence-corrected chi connectivity index (χ1v) is 7.61. The molecular weight excluding hydrogens is 324 g/mol. The molecule has 9 nitrogen and oxygen atoms in total. The fourth-order valence-electron chi connectivity index (χ4n) is 2.38. The Balaban J connectivity index is 1.65. The fraction of sp³-hybridized carbons (Fsp3) is 0.188. The zero-order valence-electron chi connectivity index (χ0n) is 13.5. The van der Waals surface area contributed by atoms with Crippen LogP contribution in [0.1, 0.15) is 12.0 Å². The van der Waals surface area contributed by atoms with Crippen LogP contribution in [0.15, 0.2) is 48.9 Å². The van der Waals surface area contributed by atoms with Gasteiger partial charge in [0.2, 0.25) is 5.91 Å². The number of hydrogen-bond acceptors (Lipinski definition) is 5. The molecule has 1 N–H and O–H groups in total. The first kappa shape index (κ1) is 16.4. The molecule has 0 atom stereocenters. The number of nitrogens with one attached hydrogen (secondary N) is 1. The summed E-state index contributed by atoms with van der Waals surface area (Å²) in [5.41, 5.74) is 1.81. The minimum absolute atomic E-state index is 0.0990. The van der Waals surface area contributed by atoms with Crippen LogP contribution in [-0.4, -0.2) is 30.4 Å². The first-order valence-electron chi connectivity index (χ1n) is 7.61. The van der Waals surface area contributed by atoms with Crippen LogP contribution >= 0.6 is 0 Å². The Bertz CT molecular complexity index is 914. The normalized spacial score (nSPS) is 10.6. The summed E-state index contributed by atoms with van der Waals surface area (Å²) in [6, 6.07) is 9.43. The lowest BCUT2D eigenvalue weighted by atomic mass is 10.2. The SMILES string of the molecule is Cc1ccccc1-n1nccc1NC(=O)CCn1cc([N+](=O)[O-])cn1. The lowest BCUT2D eigenvalue weighted by molar-refractivity contribution is -0.385. The molecule has 0 unspecified atom stereocenters. The summed E-state index contributed by atoms with van der Waals surface area (Å²) in [6.07, 6.45) is 4.20. The number of aromatic nitrogens is 4. The molecule has 1 amide bonds. The number of aryl methyl sites for hydroxylation is 2. The molecule has 1 aromatic carbocycles. The van der Waals surface area contributed by atoms with Gasteiger partial charge >= 0.3 is 5.69 Å². The number of para-hydroxylation sites is 1. The second-order valence-electron chi connectivity index (χ2n) is 5.43. The van der Waals surface area contributed by atoms with Crippen LogP contribution in [0.3, 0.4) is 0 Å². The topological polar surface area (TPSA) is 108 Å². The van der Waals surface area contributed by atoms with Crippen LogP contribution in [-0.2, 0) is 11.3 Å². The zero-order chi connectivity index (χ0) is 17.8. The highest BCUT2D eigenvalue weighted by atomic mass is 16.6. The second-order valence-corrected chi connectivity index (χ2v) is 5.43. The molecule has 2 aromatic heterocycles. The van der Waals surface area contributed by atoms with Crippen molar-refractivity contribution in [3.63, 3.8) is 0 Å². The van der Waals surface area contributed by atoms with Crippen LogP contribution < -0.4 is 5.32 Å². The fourth-order valence-corrected chi connectivity index (χ4v) is 2.38. The molecule has 0 fully saturated rings. The Hall–Kier alpha value is -3.49. The number of amides is 1. The van der Waals surface area contributed by atoms with Gasteiger partial charge in [-0.05, 0) is 18.6 Å². The van der Waals surface area contributed by atoms with Crippen LogP contribution in [0.25, 0.3) is 5.69 Å². The van der Waals surface area contributed by atoms with Crippen LogP contribution in [0, 0.1) is 17.0 Å². The van der Waals surface area contributed by atoms with Crippen molar-refractivity contribution in [2.45, 2.75) is 19.9 Å². The van der Waals surface area contributed by atoms with Gasteiger partial charge in [-0.1, -0.05) is 18.2 Å². The molecule has 3 aromatic rings. The number of anilines is 1. The number of nitrogens with zero attached hydrogens (tertiary/aromatic N) is 5. The summed E-state index contributed by atoms with van der Waals surface area (Å²) in [5.74, 6) is 0.333. The Morgan fingerprint density at radius 2 is 2.08 bits per heavy atom. The Labute approximate surface area is 143 Å². The van der Waals surface area contributed by atoms with Gasteiger partial charge in [-0.2, -0.15) is 10.2 Å². The van der Waals surface area contributed by atoms with Crippen LogP contribution in [0.2, 0.25) is 0 Å². The van der Waals surface area contributed by atoms with E-state index < -0.39 is 4.92 Å². The highest BCUT2D eigenvalue weighted by molar-refractivity contribution is 5.90. The summed E-state index contributed by atoms with van der Waals surface area (Å²) < 4.78 is 3.03. The molecule has 9 heteroatoms. The van der Waals surface area contributed by atoms with Gasteiger partial charge in [-0.25, -0.2) is 4.68 Å². The van der Waals surface area contributed by atoms with Gasteiger partial charge in [0.05, 0.1) is 16.8 Å². The molecule has 0 bridgehead atoms. The molecule has 0 radical (unpaired) electrons. The molecular formula is C16H16N6O3. The standard InChI is InChI=1S/C16H16N6O3/c1-12-4-2-3-5-14(12)21-15(6-8-17-21)19-16(23)7-9-20-11-13(10-18-20)22(24)25/h2-6,8,10-11H,7,9H2,1H3,(H,19,23). The Morgan fingerprint density at radius 1 is 1.28 bits per heavy atom. The largest absolute Gasteiger partial charge is 0.311 e. The maximum atomic E-state index is 12.2. The molecule has 0 aliphatic heterocycles. The van der Waals surface area contributed by atoms with Gasteiger partial charge in [0, 0.05) is 19.0 Å². The third-order valence-corrected chi connectivity index (χ3v) is 3.65. The monoisotopic (exact) mass is 340 g/mol. The maximum absolute atomic E-state index is 12.2. The minimum atomic E-state index is -0.523. The average Bonchev–Trinajstić information content (AvgIpc) is 3.23. The van der Waals surface area contributed by atoms with Gasteiger partial charge in [0.25, 0.3) is 0 Å². The van der Waals surface area contributed by atoms with Crippen LogP contribution in [0.4, 0.5) is 11.5 Å². The number of nitro groups is 1. The van der Waals surface area contributed by atoms with Crippen molar-refractivity contribution >= 4 is 17.4 Å². The maximum Gasteiger partial charge on any atom is 0.306 e. The second kappa shape index (κ2) is 6.95. The summed E-state index contributed by atoms with van der Waals surface area (Å²) in [7, 11) is 0. The Morgan fingerprint density at radius 3 is 2.80 bits per heavy atom. The number of carbonyl (C=O) groups excluding carboxylic acids is 1. The van der Waals surface area contributed by atoms with Crippen molar-refractivity contribution in [1.29, 1.82) is 0 Å². The van der Waals surface area contributed by atoms with Gasteiger partial charge < -0.3 is 5.32 Å². The third-order valence-electron chi connectivity index (χ3n) is 3.65. The molecule has 0 aliphatic carbocycles. The summed E-state index contributed by atoms with van der Waals surface area (Å²) in [5, 5.41) is 21.5. The van der Waals surface area contributed by atoms with Crippen molar-refractivity contribution in [1.82, 2.24) is 19.6 Å². The molecule has 0 spiro atoms. The molecule has 0 saturated carbocycles. The summed E-state index contributed by atoms with van der Waals surface area (Å²) in [6.45, 7) is 2.21. The lowest BCUT2D eigenvalue weighted by Gasteiger charge is -2.11. The first-order chi connectivity index (χ1) is 12.0. The molecule has 3 rings (SSSR count). The summed E-state index contributed by atoms with van der Waals surface area (Å²) in [4.78, 5) is 22.3. The predicted molar refractivity (Wildman–Crippen MR) is 90.4 cm³/mol. The third kappa shape index (κ3) is 3.71. The van der Waals surface area contributed by atoms with Crippen molar-refractivity contribution in [2.75, 3.05) is 5.32 Å². The van der Waals surface area contributed by atoms with Crippen molar-refractivity contribution < 1.29 is 9.72 Å². The number of carbonyl (C=O) groups is 1. The van der Waals surface area contributed by atoms with E-state index in [0.717, 1.165) is 17.4 Å². The van der Waals surface area contributed by atoms with E-state index in [1.807, 2.05) is 31.2 Å². The van der Waals surface area contributed by atoms with E-state index in [1.54, 1.807) is 16.9 Å². The molecule has 25 heavy (non-hydrogen) atoms. The highest BCUT2D eigenvalue weighted by Crippen LogP contribution is 2.18. The van der Waals surface area contributed by atoms with Crippen molar-refractivity contribution in [3.8, 4) is 5.69 Å². The van der Waals surface area contributed by atoms with E-state index >= 15 is 0 Å². The van der Waals surface area contributed by atoms with E-state index in [2.05, 4.69) is 15.5 Å². The smallest absolute Gasteiger partial charge is 0.306 e. The van der Waals surface area contributed by atoms with Crippen LogP contribution in [0.5, 0.6) is 0 Å². The van der Waals surface area contributed by atoms with Crippen molar-refractivity contribution in [2.24, 2.45) is 0 Å². The lowest BCUT2D eigenvalue weighted by Crippen LogP contribution is -2.17. The van der Waals surface area contributed by atoms with E-state index in [0.29, 0.717) is 5.82 Å². The van der Waals surface area contributed by atoms with E-state index in [4.69, 9.17) is 0 Å². The summed E-state index contributed by atoms with van der Waals surface area (Å²) >= 11 is 0. The van der Waals surface area contributed by atoms with Gasteiger partial charge in [-0.3, -0.25) is 19.6 Å². The quantitative estimate of drug-likeness (QED) is 0.547. The van der Waals surface area contributed by atoms with E-state index in [1.165, 1.54) is 10.9 Å². The zero-order valence-corrected chi connectivity index (χ0v) is 13.5. The predicted octanol–water partition coefficient (Wildman–Crippen LogP) is 2.31.